The molecule has 0 spiro atoms. The molecule has 1 saturated heterocycles. The maximum atomic E-state index is 5.91. The Morgan fingerprint density at radius 3 is 2.00 bits per heavy atom. The van der Waals surface area contributed by atoms with Crippen molar-refractivity contribution in [3.8, 4) is 0 Å². The molecule has 2 aliphatic rings. The average molecular weight is 371 g/mol. The maximum Gasteiger partial charge on any atom is 0.334 e. The lowest BCUT2D eigenvalue weighted by Gasteiger charge is -2.25. The van der Waals surface area contributed by atoms with Gasteiger partial charge in [0.15, 0.2) is 0 Å². The van der Waals surface area contributed by atoms with E-state index in [2.05, 4.69) is 20.4 Å². The molecule has 25 heavy (non-hydrogen) atoms. The highest BCUT2D eigenvalue weighted by atomic mass is 28.4. The van der Waals surface area contributed by atoms with E-state index in [4.69, 9.17) is 13.6 Å². The molecule has 0 amide bonds. The molecule has 3 unspecified atom stereocenters. The maximum absolute atomic E-state index is 5.91. The first-order valence-electron chi connectivity index (χ1n) is 11.1. The van der Waals surface area contributed by atoms with Crippen molar-refractivity contribution in [2.24, 2.45) is 5.92 Å². The SMILES string of the molecule is CCO[Si](C)(CCCCCCCCCCC1CCC2OC2C1)OCC. The Morgan fingerprint density at radius 1 is 0.800 bits per heavy atom. The average Bonchev–Trinajstić information content (AvgIpc) is 3.35. The second-order valence-corrected chi connectivity index (χ2v) is 11.6. The van der Waals surface area contributed by atoms with Crippen LogP contribution in [-0.4, -0.2) is 34.0 Å². The van der Waals surface area contributed by atoms with Crippen molar-refractivity contribution in [2.45, 2.75) is 116 Å². The topological polar surface area (TPSA) is 31.0 Å². The molecule has 4 heteroatoms. The first kappa shape index (κ1) is 21.4. The van der Waals surface area contributed by atoms with Crippen molar-refractivity contribution in [3.05, 3.63) is 0 Å². The zero-order valence-corrected chi connectivity index (χ0v) is 18.1. The normalized spacial score (nSPS) is 25.8. The molecule has 0 aromatic rings. The molecule has 1 heterocycles. The van der Waals surface area contributed by atoms with Crippen molar-refractivity contribution in [3.63, 3.8) is 0 Å². The molecule has 148 valence electrons. The molecule has 0 aromatic heterocycles. The Morgan fingerprint density at radius 2 is 1.40 bits per heavy atom. The van der Waals surface area contributed by atoms with Gasteiger partial charge in [0.05, 0.1) is 12.2 Å². The van der Waals surface area contributed by atoms with E-state index in [1.54, 1.807) is 0 Å². The van der Waals surface area contributed by atoms with Crippen LogP contribution in [-0.2, 0) is 13.6 Å². The highest BCUT2D eigenvalue weighted by Gasteiger charge is 2.43. The second-order valence-electron chi connectivity index (χ2n) is 8.26. The summed E-state index contributed by atoms with van der Waals surface area (Å²) in [5.74, 6) is 0.970. The molecular formula is C21H42O3Si. The number of fused-ring (bicyclic) bond motifs is 1. The van der Waals surface area contributed by atoms with Crippen LogP contribution in [0.25, 0.3) is 0 Å². The van der Waals surface area contributed by atoms with E-state index in [-0.39, 0.29) is 0 Å². The molecule has 0 bridgehead atoms. The van der Waals surface area contributed by atoms with E-state index in [9.17, 15) is 0 Å². The van der Waals surface area contributed by atoms with Crippen LogP contribution in [0.4, 0.5) is 0 Å². The zero-order chi connectivity index (χ0) is 18.0. The van der Waals surface area contributed by atoms with Crippen LogP contribution < -0.4 is 0 Å². The van der Waals surface area contributed by atoms with Gasteiger partial charge in [-0.3, -0.25) is 0 Å². The molecule has 1 saturated carbocycles. The minimum Gasteiger partial charge on any atom is -0.395 e. The zero-order valence-electron chi connectivity index (χ0n) is 17.1. The summed E-state index contributed by atoms with van der Waals surface area (Å²) in [7, 11) is -1.86. The molecule has 3 atom stereocenters. The van der Waals surface area contributed by atoms with Crippen molar-refractivity contribution < 1.29 is 13.6 Å². The minimum atomic E-state index is -1.86. The Balaban J connectivity index is 1.35. The molecule has 0 aromatic carbocycles. The molecule has 3 nitrogen and oxygen atoms in total. The fraction of sp³-hybridized carbons (Fsp3) is 1.00. The quantitative estimate of drug-likeness (QED) is 0.195. The van der Waals surface area contributed by atoms with Crippen LogP contribution in [0.3, 0.4) is 0 Å². The molecular weight excluding hydrogens is 328 g/mol. The Hall–Kier alpha value is 0.0969. The minimum absolute atomic E-state index is 0.661. The Kier molecular flexibility index (Phi) is 10.0. The van der Waals surface area contributed by atoms with Crippen LogP contribution in [0.2, 0.25) is 12.6 Å². The van der Waals surface area contributed by atoms with Gasteiger partial charge in [-0.2, -0.15) is 0 Å². The van der Waals surface area contributed by atoms with Crippen LogP contribution >= 0.6 is 0 Å². The van der Waals surface area contributed by atoms with Crippen molar-refractivity contribution in [1.82, 2.24) is 0 Å². The third-order valence-electron chi connectivity index (χ3n) is 6.01. The fourth-order valence-corrected chi connectivity index (χ4v) is 6.97. The van der Waals surface area contributed by atoms with Gasteiger partial charge in [-0.15, -0.1) is 0 Å². The summed E-state index contributed by atoms with van der Waals surface area (Å²) in [6.45, 7) is 7.96. The van der Waals surface area contributed by atoms with Gasteiger partial charge >= 0.3 is 8.56 Å². The van der Waals surface area contributed by atoms with Gasteiger partial charge in [0.2, 0.25) is 0 Å². The third kappa shape index (κ3) is 8.55. The van der Waals surface area contributed by atoms with Gasteiger partial charge in [0.25, 0.3) is 0 Å². The monoisotopic (exact) mass is 370 g/mol. The second kappa shape index (κ2) is 11.7. The van der Waals surface area contributed by atoms with Crippen LogP contribution in [0.15, 0.2) is 0 Å². The summed E-state index contributed by atoms with van der Waals surface area (Å²) < 4.78 is 17.5. The standard InChI is InChI=1S/C21H42O3Si/c1-4-22-25(3,23-5-2)17-13-11-9-7-6-8-10-12-14-19-15-16-20-21(18-19)24-20/h19-21H,4-18H2,1-3H3. The van der Waals surface area contributed by atoms with Gasteiger partial charge in [-0.1, -0.05) is 57.8 Å². The fourth-order valence-electron chi connectivity index (χ4n) is 4.49. The van der Waals surface area contributed by atoms with Crippen molar-refractivity contribution in [1.29, 1.82) is 0 Å². The lowest BCUT2D eigenvalue weighted by Crippen LogP contribution is -2.38. The summed E-state index contributed by atoms with van der Waals surface area (Å²) >= 11 is 0. The van der Waals surface area contributed by atoms with E-state index in [1.807, 2.05) is 0 Å². The summed E-state index contributed by atoms with van der Waals surface area (Å²) in [6, 6.07) is 1.15. The van der Waals surface area contributed by atoms with Gasteiger partial charge in [-0.25, -0.2) is 0 Å². The highest BCUT2D eigenvalue weighted by Crippen LogP contribution is 2.41. The summed E-state index contributed by atoms with van der Waals surface area (Å²) in [6.07, 6.45) is 18.0. The molecule has 1 aliphatic heterocycles. The predicted octanol–water partition coefficient (Wildman–Crippen LogP) is 6.21. The lowest BCUT2D eigenvalue weighted by molar-refractivity contribution is 0.188. The first-order valence-corrected chi connectivity index (χ1v) is 13.6. The number of unbranched alkanes of at least 4 members (excludes halogenated alkanes) is 7. The van der Waals surface area contributed by atoms with Gasteiger partial charge in [-0.05, 0) is 51.6 Å². The van der Waals surface area contributed by atoms with Crippen molar-refractivity contribution in [2.75, 3.05) is 13.2 Å². The van der Waals surface area contributed by atoms with Crippen LogP contribution in [0.1, 0.15) is 90.9 Å². The smallest absolute Gasteiger partial charge is 0.334 e. The van der Waals surface area contributed by atoms with Gasteiger partial charge in [0.1, 0.15) is 0 Å². The molecule has 1 aliphatic carbocycles. The Bertz CT molecular complexity index is 344. The third-order valence-corrected chi connectivity index (χ3v) is 9.07. The number of rotatable bonds is 15. The molecule has 0 N–H and O–H groups in total. The summed E-state index contributed by atoms with van der Waals surface area (Å²) in [5.41, 5.74) is 0. The predicted molar refractivity (Wildman–Crippen MR) is 107 cm³/mol. The number of epoxide rings is 1. The Labute approximate surface area is 157 Å². The van der Waals surface area contributed by atoms with Gasteiger partial charge < -0.3 is 13.6 Å². The van der Waals surface area contributed by atoms with E-state index in [0.29, 0.717) is 12.2 Å². The molecule has 2 rings (SSSR count). The van der Waals surface area contributed by atoms with Gasteiger partial charge in [0, 0.05) is 13.2 Å². The van der Waals surface area contributed by atoms with E-state index >= 15 is 0 Å². The summed E-state index contributed by atoms with van der Waals surface area (Å²) in [4.78, 5) is 0. The number of hydrogen-bond acceptors (Lipinski definition) is 3. The van der Waals surface area contributed by atoms with E-state index in [1.165, 1.54) is 77.0 Å². The van der Waals surface area contributed by atoms with Crippen LogP contribution in [0, 0.1) is 5.92 Å². The largest absolute Gasteiger partial charge is 0.395 e. The first-order chi connectivity index (χ1) is 12.2. The number of ether oxygens (including phenoxy) is 1. The van der Waals surface area contributed by atoms with E-state index in [0.717, 1.165) is 25.2 Å². The molecule has 2 fully saturated rings. The lowest BCUT2D eigenvalue weighted by atomic mass is 9.85. The summed E-state index contributed by atoms with van der Waals surface area (Å²) in [5, 5.41) is 0. The molecule has 0 radical (unpaired) electrons. The van der Waals surface area contributed by atoms with Crippen LogP contribution in [0.5, 0.6) is 0 Å². The van der Waals surface area contributed by atoms with E-state index < -0.39 is 8.56 Å². The van der Waals surface area contributed by atoms with Crippen molar-refractivity contribution >= 4 is 8.56 Å². The highest BCUT2D eigenvalue weighted by molar-refractivity contribution is 6.66. The number of hydrogen-bond donors (Lipinski definition) is 0.